The fraction of sp³-hybridized carbons (Fsp3) is 0.280. The smallest absolute Gasteiger partial charge is 0.184 e. The number of ether oxygens (including phenoxy) is 2. The van der Waals surface area contributed by atoms with Gasteiger partial charge in [0.25, 0.3) is 0 Å². The number of benzene rings is 3. The van der Waals surface area contributed by atoms with Gasteiger partial charge in [0.15, 0.2) is 6.29 Å². The lowest BCUT2D eigenvalue weighted by molar-refractivity contribution is -0.284. The van der Waals surface area contributed by atoms with Crippen molar-refractivity contribution in [2.24, 2.45) is 0 Å². The zero-order valence-corrected chi connectivity index (χ0v) is 18.0. The van der Waals surface area contributed by atoms with E-state index in [1.54, 1.807) is 18.2 Å². The molecule has 5 atom stereocenters. The molecule has 7 heteroatoms. The molecule has 0 spiro atoms. The second-order valence-corrected chi connectivity index (χ2v) is 8.27. The van der Waals surface area contributed by atoms with Gasteiger partial charge < -0.3 is 29.9 Å². The molecule has 0 bridgehead atoms. The van der Waals surface area contributed by atoms with Gasteiger partial charge in [-0.25, -0.2) is 0 Å². The standard InChI is InChI=1S/C25H25ClO6/c26-20-11-8-17(24-22(28)21(27)23(29)25(30)32-24)13-18(20)12-15-6-9-19(10-7-15)31-14-16-4-2-1-3-5-16/h1-11,13,21-25,27-30H,12,14H2. The molecule has 1 fully saturated rings. The zero-order valence-electron chi connectivity index (χ0n) is 17.2. The Morgan fingerprint density at radius 3 is 2.22 bits per heavy atom. The highest BCUT2D eigenvalue weighted by atomic mass is 35.5. The largest absolute Gasteiger partial charge is 0.489 e. The Morgan fingerprint density at radius 2 is 1.50 bits per heavy atom. The van der Waals surface area contributed by atoms with Crippen LogP contribution in [0.5, 0.6) is 5.75 Å². The minimum absolute atomic E-state index is 0.490. The van der Waals surface area contributed by atoms with E-state index in [4.69, 9.17) is 21.1 Å². The van der Waals surface area contributed by atoms with Crippen LogP contribution in [0.25, 0.3) is 0 Å². The predicted octanol–water partition coefficient (Wildman–Crippen LogP) is 2.98. The average Bonchev–Trinajstić information content (AvgIpc) is 2.82. The number of hydrogen-bond acceptors (Lipinski definition) is 6. The molecule has 6 nitrogen and oxygen atoms in total. The van der Waals surface area contributed by atoms with Crippen LogP contribution in [0.2, 0.25) is 5.02 Å². The van der Waals surface area contributed by atoms with E-state index >= 15 is 0 Å². The second kappa shape index (κ2) is 10.0. The Hall–Kier alpha value is -2.45. The maximum absolute atomic E-state index is 10.3. The lowest BCUT2D eigenvalue weighted by Crippen LogP contribution is -2.54. The number of hydrogen-bond donors (Lipinski definition) is 4. The molecule has 3 aromatic rings. The average molecular weight is 457 g/mol. The van der Waals surface area contributed by atoms with E-state index in [1.807, 2.05) is 54.6 Å². The quantitative estimate of drug-likeness (QED) is 0.455. The van der Waals surface area contributed by atoms with E-state index in [0.29, 0.717) is 23.6 Å². The normalized spacial score (nSPS) is 25.5. The maximum Gasteiger partial charge on any atom is 0.184 e. The van der Waals surface area contributed by atoms with E-state index < -0.39 is 30.7 Å². The first-order valence-corrected chi connectivity index (χ1v) is 10.7. The van der Waals surface area contributed by atoms with Gasteiger partial charge in [-0.3, -0.25) is 0 Å². The summed E-state index contributed by atoms with van der Waals surface area (Å²) >= 11 is 6.38. The lowest BCUT2D eigenvalue weighted by atomic mass is 9.92. The summed E-state index contributed by atoms with van der Waals surface area (Å²) in [5.74, 6) is 0.762. The second-order valence-electron chi connectivity index (χ2n) is 7.86. The number of aliphatic hydroxyl groups is 4. The monoisotopic (exact) mass is 456 g/mol. The zero-order chi connectivity index (χ0) is 22.7. The van der Waals surface area contributed by atoms with Crippen molar-refractivity contribution in [2.75, 3.05) is 0 Å². The van der Waals surface area contributed by atoms with E-state index in [0.717, 1.165) is 22.4 Å². The van der Waals surface area contributed by atoms with Gasteiger partial charge in [-0.1, -0.05) is 66.2 Å². The van der Waals surface area contributed by atoms with Crippen molar-refractivity contribution in [2.45, 2.75) is 43.7 Å². The van der Waals surface area contributed by atoms with Crippen molar-refractivity contribution in [1.29, 1.82) is 0 Å². The lowest BCUT2D eigenvalue weighted by Gasteiger charge is -2.38. The SMILES string of the molecule is OC1OC(c2ccc(Cl)c(Cc3ccc(OCc4ccccc4)cc3)c2)C(O)C(O)C1O. The van der Waals surface area contributed by atoms with Crippen LogP contribution in [0.15, 0.2) is 72.8 Å². The summed E-state index contributed by atoms with van der Waals surface area (Å²) in [6, 6.07) is 22.8. The fourth-order valence-corrected chi connectivity index (χ4v) is 3.89. The fourth-order valence-electron chi connectivity index (χ4n) is 3.71. The highest BCUT2D eigenvalue weighted by Crippen LogP contribution is 2.34. The first-order valence-electron chi connectivity index (χ1n) is 10.3. The van der Waals surface area contributed by atoms with Crippen molar-refractivity contribution in [3.63, 3.8) is 0 Å². The highest BCUT2D eigenvalue weighted by molar-refractivity contribution is 6.31. The summed E-state index contributed by atoms with van der Waals surface area (Å²) in [5, 5.41) is 40.3. The molecule has 4 rings (SSSR count). The molecule has 4 N–H and O–H groups in total. The molecule has 168 valence electrons. The first-order chi connectivity index (χ1) is 15.4. The van der Waals surface area contributed by atoms with Gasteiger partial charge in [-0.15, -0.1) is 0 Å². The van der Waals surface area contributed by atoms with Crippen LogP contribution in [0, 0.1) is 0 Å². The molecular weight excluding hydrogens is 432 g/mol. The minimum Gasteiger partial charge on any atom is -0.489 e. The highest BCUT2D eigenvalue weighted by Gasteiger charge is 2.43. The van der Waals surface area contributed by atoms with Gasteiger partial charge in [-0.05, 0) is 46.9 Å². The Bertz CT molecular complexity index is 1030. The molecule has 32 heavy (non-hydrogen) atoms. The Kier molecular flexibility index (Phi) is 7.10. The summed E-state index contributed by atoms with van der Waals surface area (Å²) in [6.07, 6.45) is -6.54. The van der Waals surface area contributed by atoms with Gasteiger partial charge in [0, 0.05) is 5.02 Å². The molecule has 1 saturated heterocycles. The van der Waals surface area contributed by atoms with E-state index in [-0.39, 0.29) is 0 Å². The minimum atomic E-state index is -1.60. The third-order valence-electron chi connectivity index (χ3n) is 5.55. The molecular formula is C25H25ClO6. The molecule has 1 aliphatic rings. The van der Waals surface area contributed by atoms with Crippen molar-refractivity contribution < 1.29 is 29.9 Å². The third-order valence-corrected chi connectivity index (χ3v) is 5.92. The summed E-state index contributed by atoms with van der Waals surface area (Å²) in [7, 11) is 0. The van der Waals surface area contributed by atoms with Crippen LogP contribution < -0.4 is 4.74 Å². The van der Waals surface area contributed by atoms with E-state index in [2.05, 4.69) is 0 Å². The topological polar surface area (TPSA) is 99.4 Å². The molecule has 0 amide bonds. The van der Waals surface area contributed by atoms with Crippen molar-refractivity contribution in [3.8, 4) is 5.75 Å². The van der Waals surface area contributed by atoms with Crippen LogP contribution in [-0.4, -0.2) is 45.0 Å². The molecule has 0 saturated carbocycles. The summed E-state index contributed by atoms with van der Waals surface area (Å²) in [5.41, 5.74) is 3.45. The van der Waals surface area contributed by atoms with Crippen molar-refractivity contribution in [1.82, 2.24) is 0 Å². The van der Waals surface area contributed by atoms with Crippen LogP contribution in [0.4, 0.5) is 0 Å². The van der Waals surface area contributed by atoms with E-state index in [1.165, 1.54) is 0 Å². The molecule has 3 aromatic carbocycles. The summed E-state index contributed by atoms with van der Waals surface area (Å²) < 4.78 is 11.1. The number of aliphatic hydroxyl groups excluding tert-OH is 4. The molecule has 1 aliphatic heterocycles. The van der Waals surface area contributed by atoms with Gasteiger partial charge in [0.2, 0.25) is 0 Å². The molecule has 0 aliphatic carbocycles. The molecule has 1 heterocycles. The summed E-state index contributed by atoms with van der Waals surface area (Å²) in [4.78, 5) is 0. The molecule has 0 radical (unpaired) electrons. The number of rotatable bonds is 6. The third kappa shape index (κ3) is 5.13. The van der Waals surface area contributed by atoms with Gasteiger partial charge in [0.1, 0.15) is 36.8 Å². The maximum atomic E-state index is 10.3. The van der Waals surface area contributed by atoms with Crippen LogP contribution in [0.3, 0.4) is 0 Å². The first kappa shape index (κ1) is 22.7. The summed E-state index contributed by atoms with van der Waals surface area (Å²) in [6.45, 7) is 0.490. The van der Waals surface area contributed by atoms with Crippen molar-refractivity contribution >= 4 is 11.6 Å². The van der Waals surface area contributed by atoms with Crippen molar-refractivity contribution in [3.05, 3.63) is 100 Å². The van der Waals surface area contributed by atoms with Gasteiger partial charge in [0.05, 0.1) is 0 Å². The molecule has 5 unspecified atom stereocenters. The number of halogens is 1. The molecule has 0 aromatic heterocycles. The Morgan fingerprint density at radius 1 is 0.781 bits per heavy atom. The van der Waals surface area contributed by atoms with Crippen LogP contribution >= 0.6 is 11.6 Å². The van der Waals surface area contributed by atoms with Gasteiger partial charge in [-0.2, -0.15) is 0 Å². The van der Waals surface area contributed by atoms with Gasteiger partial charge >= 0.3 is 0 Å². The van der Waals surface area contributed by atoms with E-state index in [9.17, 15) is 20.4 Å². The van der Waals surface area contributed by atoms with Crippen LogP contribution in [0.1, 0.15) is 28.4 Å². The predicted molar refractivity (Wildman–Crippen MR) is 119 cm³/mol. The van der Waals surface area contributed by atoms with Crippen LogP contribution in [-0.2, 0) is 17.8 Å². The Labute approximate surface area is 191 Å². The Balaban J connectivity index is 1.45.